The van der Waals surface area contributed by atoms with Crippen LogP contribution >= 0.6 is 6.72 Å². The lowest BCUT2D eigenvalue weighted by molar-refractivity contribution is 0.218. The standard InChI is InChI=1S/C13H22NO5PS2/c1-6-17-20(21,18-7-2)19-12-8-9-13(11(3)10-12)22(15,16)14(4)5/h8-10H,6-7H2,1-5H3. The van der Waals surface area contributed by atoms with Gasteiger partial charge in [0, 0.05) is 25.9 Å². The van der Waals surface area contributed by atoms with Gasteiger partial charge in [0.25, 0.3) is 0 Å². The first-order valence-electron chi connectivity index (χ1n) is 6.78. The van der Waals surface area contributed by atoms with Gasteiger partial charge in [0.15, 0.2) is 0 Å². The van der Waals surface area contributed by atoms with Crippen molar-refractivity contribution < 1.29 is 22.0 Å². The summed E-state index contributed by atoms with van der Waals surface area (Å²) in [6, 6.07) is 4.68. The zero-order chi connectivity index (χ0) is 17.0. The van der Waals surface area contributed by atoms with Gasteiger partial charge in [-0.2, -0.15) is 0 Å². The van der Waals surface area contributed by atoms with Crippen molar-refractivity contribution in [3.8, 4) is 5.75 Å². The molecule has 1 aromatic rings. The van der Waals surface area contributed by atoms with Crippen molar-refractivity contribution in [2.24, 2.45) is 0 Å². The van der Waals surface area contributed by atoms with Gasteiger partial charge in [0.2, 0.25) is 10.0 Å². The first kappa shape index (κ1) is 19.5. The SMILES string of the molecule is CCOP(=S)(OCC)Oc1ccc(S(=O)(=O)N(C)C)c(C)c1. The second-order valence-corrected chi connectivity index (χ2v) is 9.64. The summed E-state index contributed by atoms with van der Waals surface area (Å²) in [4.78, 5) is 0.228. The van der Waals surface area contributed by atoms with E-state index >= 15 is 0 Å². The largest absolute Gasteiger partial charge is 0.424 e. The molecule has 0 amide bonds. The predicted octanol–water partition coefficient (Wildman–Crippen LogP) is 2.92. The van der Waals surface area contributed by atoms with Crippen LogP contribution in [-0.4, -0.2) is 40.0 Å². The van der Waals surface area contributed by atoms with Crippen LogP contribution < -0.4 is 4.52 Å². The van der Waals surface area contributed by atoms with Crippen LogP contribution in [0.4, 0.5) is 0 Å². The van der Waals surface area contributed by atoms with Crippen molar-refractivity contribution in [1.29, 1.82) is 0 Å². The highest BCUT2D eigenvalue weighted by atomic mass is 32.5. The molecule has 0 bridgehead atoms. The molecule has 0 radical (unpaired) electrons. The maximum atomic E-state index is 12.2. The first-order chi connectivity index (χ1) is 10.2. The van der Waals surface area contributed by atoms with Crippen molar-refractivity contribution in [2.45, 2.75) is 25.7 Å². The third kappa shape index (κ3) is 4.75. The van der Waals surface area contributed by atoms with Gasteiger partial charge in [-0.3, -0.25) is 9.05 Å². The summed E-state index contributed by atoms with van der Waals surface area (Å²) >= 11 is 5.29. The van der Waals surface area contributed by atoms with Gasteiger partial charge in [-0.15, -0.1) is 0 Å². The number of hydrogen-bond acceptors (Lipinski definition) is 6. The molecule has 1 rings (SSSR count). The smallest absolute Gasteiger partial charge is 0.380 e. The molecule has 0 heterocycles. The molecular formula is C13H22NO5PS2. The summed E-state index contributed by atoms with van der Waals surface area (Å²) in [6.45, 7) is 3.21. The molecule has 0 spiro atoms. The lowest BCUT2D eigenvalue weighted by atomic mass is 10.2. The van der Waals surface area contributed by atoms with E-state index in [1.54, 1.807) is 32.9 Å². The Bertz CT molecular complexity index is 650. The number of benzene rings is 1. The molecule has 0 N–H and O–H groups in total. The van der Waals surface area contributed by atoms with Gasteiger partial charge in [-0.1, -0.05) is 0 Å². The van der Waals surface area contributed by atoms with Crippen LogP contribution in [0.2, 0.25) is 0 Å². The molecule has 0 saturated heterocycles. The molecule has 0 saturated carbocycles. The van der Waals surface area contributed by atoms with Gasteiger partial charge in [-0.05, 0) is 44.5 Å². The first-order valence-corrected chi connectivity index (χ1v) is 10.8. The Kier molecular flexibility index (Phi) is 6.98. The van der Waals surface area contributed by atoms with E-state index < -0.39 is 16.7 Å². The molecule has 0 fully saturated rings. The molecule has 0 aliphatic rings. The molecule has 22 heavy (non-hydrogen) atoms. The van der Waals surface area contributed by atoms with Crippen LogP contribution in [0.5, 0.6) is 5.75 Å². The van der Waals surface area contributed by atoms with Crippen LogP contribution in [0.25, 0.3) is 0 Å². The molecule has 0 aliphatic carbocycles. The lowest BCUT2D eigenvalue weighted by Gasteiger charge is -2.21. The summed E-state index contributed by atoms with van der Waals surface area (Å²) in [6.07, 6.45) is 0. The van der Waals surface area contributed by atoms with Crippen LogP contribution in [0.15, 0.2) is 23.1 Å². The molecule has 1 aromatic carbocycles. The Balaban J connectivity index is 3.11. The van der Waals surface area contributed by atoms with Crippen molar-refractivity contribution in [2.75, 3.05) is 27.3 Å². The van der Waals surface area contributed by atoms with Crippen LogP contribution in [0.1, 0.15) is 19.4 Å². The zero-order valence-electron chi connectivity index (χ0n) is 13.4. The van der Waals surface area contributed by atoms with Crippen molar-refractivity contribution in [1.82, 2.24) is 4.31 Å². The minimum atomic E-state index is -3.49. The van der Waals surface area contributed by atoms with Crippen molar-refractivity contribution in [3.05, 3.63) is 23.8 Å². The quantitative estimate of drug-likeness (QED) is 0.658. The molecule has 0 unspecified atom stereocenters. The van der Waals surface area contributed by atoms with Crippen LogP contribution in [-0.2, 0) is 30.9 Å². The number of hydrogen-bond donors (Lipinski definition) is 0. The van der Waals surface area contributed by atoms with Gasteiger partial charge < -0.3 is 4.52 Å². The fourth-order valence-electron chi connectivity index (χ4n) is 1.70. The monoisotopic (exact) mass is 367 g/mol. The fourth-order valence-corrected chi connectivity index (χ4v) is 4.87. The number of aryl methyl sites for hydroxylation is 1. The van der Waals surface area contributed by atoms with E-state index in [-0.39, 0.29) is 4.90 Å². The highest BCUT2D eigenvalue weighted by Crippen LogP contribution is 2.49. The summed E-state index contributed by atoms with van der Waals surface area (Å²) < 4.78 is 42.0. The minimum absolute atomic E-state index is 0.228. The van der Waals surface area contributed by atoms with E-state index in [0.29, 0.717) is 24.5 Å². The predicted molar refractivity (Wildman–Crippen MR) is 90.2 cm³/mol. The zero-order valence-corrected chi connectivity index (χ0v) is 15.9. The van der Waals surface area contributed by atoms with Gasteiger partial charge in [-0.25, -0.2) is 12.7 Å². The molecule has 0 atom stereocenters. The second kappa shape index (κ2) is 7.86. The van der Waals surface area contributed by atoms with E-state index in [4.69, 9.17) is 25.4 Å². The lowest BCUT2D eigenvalue weighted by Crippen LogP contribution is -2.23. The summed E-state index contributed by atoms with van der Waals surface area (Å²) in [5, 5.41) is 0. The highest BCUT2D eigenvalue weighted by molar-refractivity contribution is 8.07. The average molecular weight is 367 g/mol. The van der Waals surface area contributed by atoms with Crippen molar-refractivity contribution in [3.63, 3.8) is 0 Å². The maximum Gasteiger partial charge on any atom is 0.380 e. The van der Waals surface area contributed by atoms with Crippen molar-refractivity contribution >= 4 is 28.5 Å². The third-order valence-electron chi connectivity index (χ3n) is 2.70. The molecule has 9 heteroatoms. The van der Waals surface area contributed by atoms with E-state index in [1.165, 1.54) is 24.5 Å². The average Bonchev–Trinajstić information content (AvgIpc) is 2.38. The van der Waals surface area contributed by atoms with E-state index in [1.807, 2.05) is 0 Å². The number of nitrogens with zero attached hydrogens (tertiary/aromatic N) is 1. The van der Waals surface area contributed by atoms with Gasteiger partial charge in [0.05, 0.1) is 18.1 Å². The molecule has 0 aromatic heterocycles. The number of sulfonamides is 1. The fraction of sp³-hybridized carbons (Fsp3) is 0.538. The third-order valence-corrected chi connectivity index (χ3v) is 7.11. The van der Waals surface area contributed by atoms with Crippen LogP contribution in [0, 0.1) is 6.92 Å². The molecule has 6 nitrogen and oxygen atoms in total. The molecule has 126 valence electrons. The molecular weight excluding hydrogens is 345 g/mol. The molecule has 0 aliphatic heterocycles. The Morgan fingerprint density at radius 3 is 2.14 bits per heavy atom. The Morgan fingerprint density at radius 2 is 1.73 bits per heavy atom. The minimum Gasteiger partial charge on any atom is -0.424 e. The van der Waals surface area contributed by atoms with E-state index in [2.05, 4.69) is 0 Å². The Hall–Kier alpha value is -0.500. The number of rotatable bonds is 8. The Morgan fingerprint density at radius 1 is 1.18 bits per heavy atom. The topological polar surface area (TPSA) is 65.1 Å². The summed E-state index contributed by atoms with van der Waals surface area (Å²) in [7, 11) is -0.512. The highest BCUT2D eigenvalue weighted by Gasteiger charge is 2.23. The Labute approximate surface area is 137 Å². The second-order valence-electron chi connectivity index (χ2n) is 4.59. The summed E-state index contributed by atoms with van der Waals surface area (Å²) in [5.74, 6) is 0.431. The van der Waals surface area contributed by atoms with Gasteiger partial charge in [0.1, 0.15) is 5.75 Å². The van der Waals surface area contributed by atoms with E-state index in [9.17, 15) is 8.42 Å². The van der Waals surface area contributed by atoms with Crippen LogP contribution in [0.3, 0.4) is 0 Å². The summed E-state index contributed by atoms with van der Waals surface area (Å²) in [5.41, 5.74) is 0.570. The normalized spacial score (nSPS) is 12.6. The maximum absolute atomic E-state index is 12.2. The van der Waals surface area contributed by atoms with Gasteiger partial charge >= 0.3 is 6.72 Å². The van der Waals surface area contributed by atoms with E-state index in [0.717, 1.165) is 0 Å².